The van der Waals surface area contributed by atoms with Crippen LogP contribution in [0, 0.1) is 0 Å². The van der Waals surface area contributed by atoms with E-state index in [9.17, 15) is 5.11 Å². The fourth-order valence-electron chi connectivity index (χ4n) is 2.55. The van der Waals surface area contributed by atoms with Crippen molar-refractivity contribution in [3.8, 4) is 0 Å². The Morgan fingerprint density at radius 1 is 1.50 bits per heavy atom. The van der Waals surface area contributed by atoms with Gasteiger partial charge < -0.3 is 10.0 Å². The van der Waals surface area contributed by atoms with Crippen molar-refractivity contribution in [1.29, 1.82) is 0 Å². The molecule has 0 saturated heterocycles. The highest BCUT2D eigenvalue weighted by atomic mass is 32.1. The van der Waals surface area contributed by atoms with Gasteiger partial charge in [0.05, 0.1) is 18.3 Å². The normalized spacial score (nSPS) is 18.3. The molecule has 1 N–H and O–H groups in total. The highest BCUT2D eigenvalue weighted by molar-refractivity contribution is 7.15. The number of thiophene rings is 1. The Labute approximate surface area is 127 Å². The standard InChI is InChI=1S/C15H20N2OS2/c1-10(2)17(9-11-5-4-8-19-11)15-16-14-12(18)6-3-7-13(14)20-15/h4-5,8,10,12,18H,3,6-7,9H2,1-2H3. The summed E-state index contributed by atoms with van der Waals surface area (Å²) in [5, 5.41) is 13.2. The maximum absolute atomic E-state index is 10.1. The molecule has 0 fully saturated rings. The van der Waals surface area contributed by atoms with Crippen molar-refractivity contribution in [2.24, 2.45) is 0 Å². The van der Waals surface area contributed by atoms with E-state index in [0.29, 0.717) is 6.04 Å². The number of fused-ring (bicyclic) bond motifs is 1. The van der Waals surface area contributed by atoms with Gasteiger partial charge in [-0.3, -0.25) is 0 Å². The Morgan fingerprint density at radius 2 is 2.35 bits per heavy atom. The van der Waals surface area contributed by atoms with Crippen molar-refractivity contribution >= 4 is 27.8 Å². The molecule has 1 unspecified atom stereocenters. The van der Waals surface area contributed by atoms with E-state index in [-0.39, 0.29) is 6.10 Å². The Bertz CT molecular complexity index is 562. The molecule has 0 bridgehead atoms. The Hall–Kier alpha value is -0.910. The lowest BCUT2D eigenvalue weighted by Gasteiger charge is -2.25. The summed E-state index contributed by atoms with van der Waals surface area (Å²) in [5.74, 6) is 0. The van der Waals surface area contributed by atoms with E-state index in [1.165, 1.54) is 9.75 Å². The third-order valence-electron chi connectivity index (χ3n) is 3.69. The summed E-state index contributed by atoms with van der Waals surface area (Å²) in [6.07, 6.45) is 2.62. The zero-order valence-corrected chi connectivity index (χ0v) is 13.5. The van der Waals surface area contributed by atoms with Crippen LogP contribution in [0.5, 0.6) is 0 Å². The third-order valence-corrected chi connectivity index (χ3v) is 5.72. The average Bonchev–Trinajstić information content (AvgIpc) is 3.05. The second-order valence-corrected chi connectivity index (χ2v) is 7.61. The molecule has 0 spiro atoms. The van der Waals surface area contributed by atoms with Crippen molar-refractivity contribution in [1.82, 2.24) is 4.98 Å². The van der Waals surface area contributed by atoms with Gasteiger partial charge in [0.15, 0.2) is 5.13 Å². The fraction of sp³-hybridized carbons (Fsp3) is 0.533. The summed E-state index contributed by atoms with van der Waals surface area (Å²) < 4.78 is 0. The summed E-state index contributed by atoms with van der Waals surface area (Å²) in [4.78, 5) is 9.70. The molecule has 0 aliphatic heterocycles. The van der Waals surface area contributed by atoms with Crippen LogP contribution in [0.3, 0.4) is 0 Å². The second-order valence-electron chi connectivity index (χ2n) is 5.51. The zero-order valence-electron chi connectivity index (χ0n) is 11.9. The maximum Gasteiger partial charge on any atom is 0.186 e. The van der Waals surface area contributed by atoms with Gasteiger partial charge in [-0.25, -0.2) is 4.98 Å². The summed E-state index contributed by atoms with van der Waals surface area (Å²) >= 11 is 3.54. The molecule has 0 saturated carbocycles. The summed E-state index contributed by atoms with van der Waals surface area (Å²) in [5.41, 5.74) is 0.924. The highest BCUT2D eigenvalue weighted by Crippen LogP contribution is 2.37. The van der Waals surface area contributed by atoms with Crippen LogP contribution in [0.1, 0.15) is 48.2 Å². The number of rotatable bonds is 4. The van der Waals surface area contributed by atoms with Gasteiger partial charge in [-0.05, 0) is 44.6 Å². The first-order chi connectivity index (χ1) is 9.65. The van der Waals surface area contributed by atoms with Gasteiger partial charge in [0, 0.05) is 15.8 Å². The molecule has 2 aromatic rings. The van der Waals surface area contributed by atoms with E-state index in [1.807, 2.05) is 0 Å². The molecular weight excluding hydrogens is 288 g/mol. The van der Waals surface area contributed by atoms with Crippen LogP contribution in [-0.2, 0) is 13.0 Å². The Morgan fingerprint density at radius 3 is 3.00 bits per heavy atom. The molecule has 1 atom stereocenters. The minimum atomic E-state index is -0.362. The molecule has 108 valence electrons. The molecule has 3 rings (SSSR count). The van der Waals surface area contributed by atoms with Gasteiger partial charge in [-0.2, -0.15) is 0 Å². The molecule has 2 aromatic heterocycles. The van der Waals surface area contributed by atoms with Crippen molar-refractivity contribution in [3.63, 3.8) is 0 Å². The molecule has 0 radical (unpaired) electrons. The van der Waals surface area contributed by atoms with Crippen molar-refractivity contribution in [2.45, 2.75) is 51.8 Å². The summed E-state index contributed by atoms with van der Waals surface area (Å²) in [7, 11) is 0. The predicted molar refractivity (Wildman–Crippen MR) is 85.6 cm³/mol. The lowest BCUT2D eigenvalue weighted by atomic mass is 10.0. The van der Waals surface area contributed by atoms with Crippen molar-refractivity contribution < 1.29 is 5.11 Å². The monoisotopic (exact) mass is 308 g/mol. The molecule has 20 heavy (non-hydrogen) atoms. The van der Waals surface area contributed by atoms with Gasteiger partial charge in [-0.15, -0.1) is 22.7 Å². The Kier molecular flexibility index (Phi) is 4.10. The van der Waals surface area contributed by atoms with E-state index in [0.717, 1.165) is 36.6 Å². The van der Waals surface area contributed by atoms with Crippen LogP contribution in [0.25, 0.3) is 0 Å². The third kappa shape index (κ3) is 2.75. The molecule has 0 aromatic carbocycles. The van der Waals surface area contributed by atoms with Crippen LogP contribution in [0.4, 0.5) is 5.13 Å². The van der Waals surface area contributed by atoms with E-state index in [1.54, 1.807) is 22.7 Å². The van der Waals surface area contributed by atoms with Gasteiger partial charge in [0.2, 0.25) is 0 Å². The van der Waals surface area contributed by atoms with Crippen LogP contribution < -0.4 is 4.90 Å². The van der Waals surface area contributed by atoms with Crippen LogP contribution in [0.2, 0.25) is 0 Å². The maximum atomic E-state index is 10.1. The van der Waals surface area contributed by atoms with Crippen LogP contribution in [-0.4, -0.2) is 16.1 Å². The molecule has 3 nitrogen and oxygen atoms in total. The number of aryl methyl sites for hydroxylation is 1. The van der Waals surface area contributed by atoms with E-state index in [4.69, 9.17) is 4.98 Å². The topological polar surface area (TPSA) is 36.4 Å². The molecular formula is C15H20N2OS2. The SMILES string of the molecule is CC(C)N(Cc1cccs1)c1nc2c(s1)CCCC2O. The van der Waals surface area contributed by atoms with Gasteiger partial charge in [-0.1, -0.05) is 6.07 Å². The van der Waals surface area contributed by atoms with Gasteiger partial charge in [0.25, 0.3) is 0 Å². The smallest absolute Gasteiger partial charge is 0.186 e. The van der Waals surface area contributed by atoms with Crippen LogP contribution in [0.15, 0.2) is 17.5 Å². The summed E-state index contributed by atoms with van der Waals surface area (Å²) in [6.45, 7) is 5.30. The first kappa shape index (κ1) is 14.0. The van der Waals surface area contributed by atoms with Crippen LogP contribution >= 0.6 is 22.7 Å². The number of aliphatic hydroxyl groups is 1. The summed E-state index contributed by atoms with van der Waals surface area (Å²) in [6, 6.07) is 4.67. The zero-order chi connectivity index (χ0) is 14.1. The minimum Gasteiger partial charge on any atom is -0.387 e. The predicted octanol–water partition coefficient (Wildman–Crippen LogP) is 3.99. The fourth-order valence-corrected chi connectivity index (χ4v) is 4.54. The number of aliphatic hydroxyl groups excluding tert-OH is 1. The molecule has 5 heteroatoms. The minimum absolute atomic E-state index is 0.362. The largest absolute Gasteiger partial charge is 0.387 e. The number of aromatic nitrogens is 1. The van der Waals surface area contributed by atoms with Gasteiger partial charge >= 0.3 is 0 Å². The van der Waals surface area contributed by atoms with Crippen molar-refractivity contribution in [3.05, 3.63) is 33.0 Å². The molecule has 0 amide bonds. The number of hydrogen-bond acceptors (Lipinski definition) is 5. The van der Waals surface area contributed by atoms with E-state index < -0.39 is 0 Å². The second kappa shape index (κ2) is 5.84. The molecule has 2 heterocycles. The Balaban J connectivity index is 1.88. The first-order valence-electron chi connectivity index (χ1n) is 7.12. The molecule has 1 aliphatic rings. The number of anilines is 1. The number of hydrogen-bond donors (Lipinski definition) is 1. The van der Waals surface area contributed by atoms with E-state index >= 15 is 0 Å². The number of thiazole rings is 1. The molecule has 1 aliphatic carbocycles. The highest BCUT2D eigenvalue weighted by Gasteiger charge is 2.25. The first-order valence-corrected chi connectivity index (χ1v) is 8.81. The van der Waals surface area contributed by atoms with E-state index in [2.05, 4.69) is 36.3 Å². The number of nitrogens with zero attached hydrogens (tertiary/aromatic N) is 2. The quantitative estimate of drug-likeness (QED) is 0.928. The lowest BCUT2D eigenvalue weighted by molar-refractivity contribution is 0.153. The lowest BCUT2D eigenvalue weighted by Crippen LogP contribution is -2.29. The van der Waals surface area contributed by atoms with Crippen molar-refractivity contribution in [2.75, 3.05) is 4.90 Å². The van der Waals surface area contributed by atoms with Gasteiger partial charge in [0.1, 0.15) is 0 Å². The average molecular weight is 308 g/mol.